The zero-order chi connectivity index (χ0) is 14.5. The maximum atomic E-state index is 13.7. The molecule has 2 rings (SSSR count). The second kappa shape index (κ2) is 6.30. The Morgan fingerprint density at radius 2 is 1.70 bits per heavy atom. The number of carbonyl (C=O) groups is 1. The van der Waals surface area contributed by atoms with Crippen molar-refractivity contribution in [3.8, 4) is 0 Å². The van der Waals surface area contributed by atoms with E-state index in [4.69, 9.17) is 0 Å². The van der Waals surface area contributed by atoms with Crippen molar-refractivity contribution < 1.29 is 14.3 Å². The summed E-state index contributed by atoms with van der Waals surface area (Å²) in [6.45, 7) is 1.75. The molecule has 1 unspecified atom stereocenters. The quantitative estimate of drug-likeness (QED) is 0.878. The Balaban J connectivity index is 2.21. The number of halogens is 1. The molecule has 2 N–H and O–H groups in total. The first-order valence-electron chi connectivity index (χ1n) is 6.38. The fourth-order valence-electron chi connectivity index (χ4n) is 2.12. The SMILES string of the molecule is C[C@@H](NC(C(=O)O)c1ccccc1)c1ccccc1F. The highest BCUT2D eigenvalue weighted by atomic mass is 19.1. The normalized spacial score (nSPS) is 13.7. The summed E-state index contributed by atoms with van der Waals surface area (Å²) >= 11 is 0. The first-order valence-corrected chi connectivity index (χ1v) is 6.38. The van der Waals surface area contributed by atoms with Gasteiger partial charge in [-0.15, -0.1) is 0 Å². The van der Waals surface area contributed by atoms with Gasteiger partial charge in [0, 0.05) is 11.6 Å². The highest BCUT2D eigenvalue weighted by Gasteiger charge is 2.22. The van der Waals surface area contributed by atoms with Gasteiger partial charge in [-0.1, -0.05) is 48.5 Å². The van der Waals surface area contributed by atoms with E-state index in [2.05, 4.69) is 5.32 Å². The third-order valence-electron chi connectivity index (χ3n) is 3.17. The summed E-state index contributed by atoms with van der Waals surface area (Å²) in [6.07, 6.45) is 0. The van der Waals surface area contributed by atoms with Gasteiger partial charge >= 0.3 is 5.97 Å². The molecular formula is C16H16FNO2. The molecule has 0 aliphatic carbocycles. The van der Waals surface area contributed by atoms with Crippen molar-refractivity contribution in [2.75, 3.05) is 0 Å². The van der Waals surface area contributed by atoms with Crippen molar-refractivity contribution in [2.45, 2.75) is 19.0 Å². The Bertz CT molecular complexity index is 586. The van der Waals surface area contributed by atoms with Crippen molar-refractivity contribution in [3.05, 3.63) is 71.5 Å². The number of carboxylic acid groups (broad SMARTS) is 1. The molecule has 4 heteroatoms. The molecule has 0 aromatic heterocycles. The van der Waals surface area contributed by atoms with Crippen LogP contribution in [0.4, 0.5) is 4.39 Å². The smallest absolute Gasteiger partial charge is 0.325 e. The summed E-state index contributed by atoms with van der Waals surface area (Å²) in [5.41, 5.74) is 1.10. The van der Waals surface area contributed by atoms with Gasteiger partial charge in [-0.3, -0.25) is 10.1 Å². The standard InChI is InChI=1S/C16H16FNO2/c1-11(13-9-5-6-10-14(13)17)18-15(16(19)20)12-7-3-2-4-8-12/h2-11,15,18H,1H3,(H,19,20)/t11-,15?/m1/s1. The average Bonchev–Trinajstić information content (AvgIpc) is 2.45. The lowest BCUT2D eigenvalue weighted by atomic mass is 10.0. The van der Waals surface area contributed by atoms with Crippen LogP contribution in [0.1, 0.15) is 30.1 Å². The summed E-state index contributed by atoms with van der Waals surface area (Å²) in [5.74, 6) is -1.33. The molecule has 3 nitrogen and oxygen atoms in total. The molecule has 0 heterocycles. The van der Waals surface area contributed by atoms with Gasteiger partial charge in [-0.05, 0) is 18.6 Å². The fraction of sp³-hybridized carbons (Fsp3) is 0.188. The summed E-state index contributed by atoms with van der Waals surface area (Å²) in [7, 11) is 0. The van der Waals surface area contributed by atoms with Crippen LogP contribution >= 0.6 is 0 Å². The minimum Gasteiger partial charge on any atom is -0.480 e. The highest BCUT2D eigenvalue weighted by Crippen LogP contribution is 2.21. The molecule has 0 saturated heterocycles. The number of benzene rings is 2. The minimum atomic E-state index is -0.987. The van der Waals surface area contributed by atoms with E-state index in [-0.39, 0.29) is 5.82 Å². The third-order valence-corrected chi connectivity index (χ3v) is 3.17. The summed E-state index contributed by atoms with van der Waals surface area (Å²) in [5, 5.41) is 12.3. The molecule has 0 fully saturated rings. The van der Waals surface area contributed by atoms with Crippen molar-refractivity contribution in [3.63, 3.8) is 0 Å². The van der Waals surface area contributed by atoms with E-state index < -0.39 is 18.1 Å². The van der Waals surface area contributed by atoms with E-state index in [0.717, 1.165) is 0 Å². The predicted molar refractivity (Wildman–Crippen MR) is 74.8 cm³/mol. The topological polar surface area (TPSA) is 49.3 Å². The van der Waals surface area contributed by atoms with Gasteiger partial charge < -0.3 is 5.11 Å². The second-order valence-corrected chi connectivity index (χ2v) is 4.59. The lowest BCUT2D eigenvalue weighted by Crippen LogP contribution is -2.31. The fourth-order valence-corrected chi connectivity index (χ4v) is 2.12. The maximum absolute atomic E-state index is 13.7. The van der Waals surface area contributed by atoms with Crippen LogP contribution in [0.2, 0.25) is 0 Å². The molecule has 2 aromatic rings. The predicted octanol–water partition coefficient (Wildman–Crippen LogP) is 3.30. The number of carboxylic acids is 1. The average molecular weight is 273 g/mol. The van der Waals surface area contributed by atoms with Crippen molar-refractivity contribution in [2.24, 2.45) is 0 Å². The monoisotopic (exact) mass is 273 g/mol. The number of nitrogens with one attached hydrogen (secondary N) is 1. The Labute approximate surface area is 117 Å². The van der Waals surface area contributed by atoms with Crippen molar-refractivity contribution in [1.29, 1.82) is 0 Å². The molecule has 0 bridgehead atoms. The van der Waals surface area contributed by atoms with E-state index in [1.165, 1.54) is 6.07 Å². The molecule has 2 aromatic carbocycles. The van der Waals surface area contributed by atoms with Crippen LogP contribution in [-0.4, -0.2) is 11.1 Å². The number of rotatable bonds is 5. The zero-order valence-corrected chi connectivity index (χ0v) is 11.1. The van der Waals surface area contributed by atoms with E-state index in [0.29, 0.717) is 11.1 Å². The van der Waals surface area contributed by atoms with Crippen LogP contribution in [0, 0.1) is 5.82 Å². The molecule has 0 spiro atoms. The molecule has 2 atom stereocenters. The molecule has 0 aliphatic rings. The molecule has 0 amide bonds. The first-order chi connectivity index (χ1) is 9.59. The lowest BCUT2D eigenvalue weighted by Gasteiger charge is -2.21. The molecule has 20 heavy (non-hydrogen) atoms. The maximum Gasteiger partial charge on any atom is 0.325 e. The Morgan fingerprint density at radius 3 is 2.30 bits per heavy atom. The van der Waals surface area contributed by atoms with Crippen molar-refractivity contribution in [1.82, 2.24) is 5.32 Å². The molecule has 104 valence electrons. The van der Waals surface area contributed by atoms with Crippen LogP contribution in [0.15, 0.2) is 54.6 Å². The van der Waals surface area contributed by atoms with Gasteiger partial charge in [0.25, 0.3) is 0 Å². The second-order valence-electron chi connectivity index (χ2n) is 4.59. The van der Waals surface area contributed by atoms with E-state index in [1.807, 2.05) is 6.07 Å². The zero-order valence-electron chi connectivity index (χ0n) is 11.1. The van der Waals surface area contributed by atoms with Crippen LogP contribution in [-0.2, 0) is 4.79 Å². The largest absolute Gasteiger partial charge is 0.480 e. The number of hydrogen-bond donors (Lipinski definition) is 2. The van der Waals surface area contributed by atoms with Gasteiger partial charge in [0.05, 0.1) is 0 Å². The number of hydrogen-bond acceptors (Lipinski definition) is 2. The lowest BCUT2D eigenvalue weighted by molar-refractivity contribution is -0.139. The van der Waals surface area contributed by atoms with Gasteiger partial charge in [0.2, 0.25) is 0 Å². The van der Waals surface area contributed by atoms with Gasteiger partial charge in [-0.25, -0.2) is 4.39 Å². The minimum absolute atomic E-state index is 0.343. The van der Waals surface area contributed by atoms with Crippen LogP contribution < -0.4 is 5.32 Å². The van der Waals surface area contributed by atoms with Crippen molar-refractivity contribution >= 4 is 5.97 Å². The van der Waals surface area contributed by atoms with Gasteiger partial charge in [-0.2, -0.15) is 0 Å². The summed E-state index contributed by atoms with van der Waals surface area (Å²) in [4.78, 5) is 11.4. The van der Waals surface area contributed by atoms with E-state index >= 15 is 0 Å². The van der Waals surface area contributed by atoms with Crippen LogP contribution in [0.25, 0.3) is 0 Å². The molecule has 0 saturated carbocycles. The van der Waals surface area contributed by atoms with Crippen LogP contribution in [0.5, 0.6) is 0 Å². The molecule has 0 radical (unpaired) electrons. The van der Waals surface area contributed by atoms with Gasteiger partial charge in [0.1, 0.15) is 11.9 Å². The summed E-state index contributed by atoms with van der Waals surface area (Å²) in [6, 6.07) is 13.9. The Kier molecular flexibility index (Phi) is 4.48. The van der Waals surface area contributed by atoms with Crippen LogP contribution in [0.3, 0.4) is 0 Å². The molecule has 0 aliphatic heterocycles. The highest BCUT2D eigenvalue weighted by molar-refractivity contribution is 5.75. The Morgan fingerprint density at radius 1 is 1.10 bits per heavy atom. The third kappa shape index (κ3) is 3.22. The number of aliphatic carboxylic acids is 1. The van der Waals surface area contributed by atoms with E-state index in [9.17, 15) is 14.3 Å². The summed E-state index contributed by atoms with van der Waals surface area (Å²) < 4.78 is 13.7. The Hall–Kier alpha value is -2.20. The van der Waals surface area contributed by atoms with Gasteiger partial charge in [0.15, 0.2) is 0 Å². The first kappa shape index (κ1) is 14.2. The molecular weight excluding hydrogens is 257 g/mol. The van der Waals surface area contributed by atoms with E-state index in [1.54, 1.807) is 49.4 Å².